The monoisotopic (exact) mass is 178 g/mol. The Balaban J connectivity index is 2.55. The number of nitrogens with two attached hydrogens (primary N) is 1. The minimum absolute atomic E-state index is 0.163. The number of rotatable bonds is 3. The van der Waals surface area contributed by atoms with Gasteiger partial charge in [0.1, 0.15) is 0 Å². The highest BCUT2D eigenvalue weighted by atomic mass is 14.9. The van der Waals surface area contributed by atoms with Crippen molar-refractivity contribution in [3.05, 3.63) is 29.8 Å². The Kier molecular flexibility index (Phi) is 2.94. The summed E-state index contributed by atoms with van der Waals surface area (Å²) >= 11 is 0. The van der Waals surface area contributed by atoms with Crippen molar-refractivity contribution in [3.63, 3.8) is 0 Å². The summed E-state index contributed by atoms with van der Waals surface area (Å²) in [5.74, 6) is 0. The van der Waals surface area contributed by atoms with E-state index in [4.69, 9.17) is 5.73 Å². The summed E-state index contributed by atoms with van der Waals surface area (Å²) in [4.78, 5) is 0. The summed E-state index contributed by atoms with van der Waals surface area (Å²) in [7, 11) is 0. The van der Waals surface area contributed by atoms with Crippen LogP contribution >= 0.6 is 0 Å². The lowest BCUT2D eigenvalue weighted by molar-refractivity contribution is 0.549. The van der Waals surface area contributed by atoms with E-state index in [9.17, 15) is 0 Å². The van der Waals surface area contributed by atoms with Gasteiger partial charge in [-0.3, -0.25) is 0 Å². The van der Waals surface area contributed by atoms with Crippen molar-refractivity contribution in [2.45, 2.75) is 26.3 Å². The quantitative estimate of drug-likeness (QED) is 0.744. The highest BCUT2D eigenvalue weighted by Gasteiger charge is 2.09. The third-order valence-electron chi connectivity index (χ3n) is 1.77. The van der Waals surface area contributed by atoms with Gasteiger partial charge in [-0.15, -0.1) is 0 Å². The van der Waals surface area contributed by atoms with E-state index in [1.165, 1.54) is 5.56 Å². The average molecular weight is 178 g/mol. The summed E-state index contributed by atoms with van der Waals surface area (Å²) in [6.45, 7) is 6.89. The van der Waals surface area contributed by atoms with E-state index < -0.39 is 0 Å². The Bertz CT molecular complexity index is 274. The molecule has 13 heavy (non-hydrogen) atoms. The van der Waals surface area contributed by atoms with Crippen LogP contribution in [0.5, 0.6) is 0 Å². The first-order chi connectivity index (χ1) is 5.97. The third-order valence-corrected chi connectivity index (χ3v) is 1.77. The van der Waals surface area contributed by atoms with E-state index in [0.717, 1.165) is 12.2 Å². The molecule has 1 aromatic carbocycles. The summed E-state index contributed by atoms with van der Waals surface area (Å²) < 4.78 is 0. The fourth-order valence-corrected chi connectivity index (χ4v) is 1.08. The first kappa shape index (κ1) is 10.1. The fourth-order valence-electron chi connectivity index (χ4n) is 1.08. The minimum Gasteiger partial charge on any atom is -0.383 e. The van der Waals surface area contributed by atoms with Crippen LogP contribution in [0.2, 0.25) is 0 Å². The lowest BCUT2D eigenvalue weighted by Gasteiger charge is -2.19. The molecule has 72 valence electrons. The van der Waals surface area contributed by atoms with E-state index >= 15 is 0 Å². The zero-order chi connectivity index (χ0) is 9.90. The van der Waals surface area contributed by atoms with Crippen molar-refractivity contribution in [3.8, 4) is 0 Å². The molecule has 1 rings (SSSR count). The van der Waals surface area contributed by atoms with E-state index in [-0.39, 0.29) is 5.54 Å². The van der Waals surface area contributed by atoms with Gasteiger partial charge in [0, 0.05) is 17.8 Å². The molecule has 0 heterocycles. The summed E-state index contributed by atoms with van der Waals surface area (Å²) in [6.07, 6.45) is 0. The normalized spacial score (nSPS) is 11.4. The molecule has 2 nitrogen and oxygen atoms in total. The molecule has 0 amide bonds. The molecule has 0 atom stereocenters. The van der Waals surface area contributed by atoms with Gasteiger partial charge in [0.25, 0.3) is 0 Å². The number of aryl methyl sites for hydroxylation is 1. The van der Waals surface area contributed by atoms with Crippen LogP contribution in [0.3, 0.4) is 0 Å². The first-order valence-corrected chi connectivity index (χ1v) is 4.57. The maximum absolute atomic E-state index is 5.86. The molecule has 0 unspecified atom stereocenters. The van der Waals surface area contributed by atoms with E-state index in [1.807, 2.05) is 19.9 Å². The highest BCUT2D eigenvalue weighted by molar-refractivity contribution is 5.45. The maximum Gasteiger partial charge on any atom is 0.0343 e. The van der Waals surface area contributed by atoms with Crippen LogP contribution in [-0.2, 0) is 0 Å². The second-order valence-electron chi connectivity index (χ2n) is 4.21. The van der Waals surface area contributed by atoms with Crippen molar-refractivity contribution in [1.29, 1.82) is 0 Å². The number of hydrogen-bond donors (Lipinski definition) is 2. The number of anilines is 1. The SMILES string of the molecule is Cc1cccc(NCC(C)(C)N)c1. The molecule has 0 aromatic heterocycles. The van der Waals surface area contributed by atoms with Gasteiger partial charge in [-0.1, -0.05) is 12.1 Å². The third kappa shape index (κ3) is 3.95. The summed E-state index contributed by atoms with van der Waals surface area (Å²) in [6, 6.07) is 8.30. The molecule has 0 radical (unpaired) electrons. The Hall–Kier alpha value is -1.02. The van der Waals surface area contributed by atoms with Gasteiger partial charge in [0.05, 0.1) is 0 Å². The van der Waals surface area contributed by atoms with Crippen molar-refractivity contribution >= 4 is 5.69 Å². The van der Waals surface area contributed by atoms with Crippen molar-refractivity contribution in [1.82, 2.24) is 0 Å². The van der Waals surface area contributed by atoms with Gasteiger partial charge in [0.2, 0.25) is 0 Å². The second-order valence-corrected chi connectivity index (χ2v) is 4.21. The molecular formula is C11H18N2. The number of benzene rings is 1. The smallest absolute Gasteiger partial charge is 0.0343 e. The molecule has 0 aliphatic heterocycles. The van der Waals surface area contributed by atoms with Crippen LogP contribution < -0.4 is 11.1 Å². The summed E-state index contributed by atoms with van der Waals surface area (Å²) in [5, 5.41) is 3.30. The topological polar surface area (TPSA) is 38.0 Å². The van der Waals surface area contributed by atoms with Crippen LogP contribution in [0.1, 0.15) is 19.4 Å². The molecular weight excluding hydrogens is 160 g/mol. The summed E-state index contributed by atoms with van der Waals surface area (Å²) in [5.41, 5.74) is 8.10. The Morgan fingerprint density at radius 3 is 2.62 bits per heavy atom. The van der Waals surface area contributed by atoms with Gasteiger partial charge in [0.15, 0.2) is 0 Å². The average Bonchev–Trinajstić information content (AvgIpc) is 2.00. The molecule has 3 N–H and O–H groups in total. The molecule has 0 saturated heterocycles. The molecule has 0 bridgehead atoms. The first-order valence-electron chi connectivity index (χ1n) is 4.57. The maximum atomic E-state index is 5.86. The van der Waals surface area contributed by atoms with Gasteiger partial charge >= 0.3 is 0 Å². The van der Waals surface area contributed by atoms with Crippen molar-refractivity contribution < 1.29 is 0 Å². The largest absolute Gasteiger partial charge is 0.383 e. The Labute approximate surface area is 80.1 Å². The van der Waals surface area contributed by atoms with E-state index in [0.29, 0.717) is 0 Å². The molecule has 1 aromatic rings. The highest BCUT2D eigenvalue weighted by Crippen LogP contribution is 2.10. The minimum atomic E-state index is -0.163. The van der Waals surface area contributed by atoms with Crippen LogP contribution in [0, 0.1) is 6.92 Å². The number of nitrogens with one attached hydrogen (secondary N) is 1. The lowest BCUT2D eigenvalue weighted by Crippen LogP contribution is -2.39. The van der Waals surface area contributed by atoms with Gasteiger partial charge < -0.3 is 11.1 Å². The van der Waals surface area contributed by atoms with Gasteiger partial charge in [-0.2, -0.15) is 0 Å². The Morgan fingerprint density at radius 1 is 1.38 bits per heavy atom. The van der Waals surface area contributed by atoms with Crippen molar-refractivity contribution in [2.24, 2.45) is 5.73 Å². The molecule has 0 aliphatic rings. The molecule has 2 heteroatoms. The zero-order valence-electron chi connectivity index (χ0n) is 8.59. The Morgan fingerprint density at radius 2 is 2.08 bits per heavy atom. The van der Waals surface area contributed by atoms with Crippen LogP contribution in [0.15, 0.2) is 24.3 Å². The lowest BCUT2D eigenvalue weighted by atomic mass is 10.1. The van der Waals surface area contributed by atoms with Crippen LogP contribution in [0.4, 0.5) is 5.69 Å². The molecule has 0 saturated carbocycles. The zero-order valence-corrected chi connectivity index (χ0v) is 8.59. The molecule has 0 aliphatic carbocycles. The van der Waals surface area contributed by atoms with Crippen molar-refractivity contribution in [2.75, 3.05) is 11.9 Å². The second kappa shape index (κ2) is 3.79. The standard InChI is InChI=1S/C11H18N2/c1-9-5-4-6-10(7-9)13-8-11(2,3)12/h4-7,13H,8,12H2,1-3H3. The van der Waals surface area contributed by atoms with E-state index in [2.05, 4.69) is 30.4 Å². The van der Waals surface area contributed by atoms with E-state index in [1.54, 1.807) is 0 Å². The molecule has 0 spiro atoms. The van der Waals surface area contributed by atoms with Crippen LogP contribution in [0.25, 0.3) is 0 Å². The fraction of sp³-hybridized carbons (Fsp3) is 0.455. The van der Waals surface area contributed by atoms with Gasteiger partial charge in [-0.05, 0) is 38.5 Å². The predicted molar refractivity (Wildman–Crippen MR) is 57.9 cm³/mol. The predicted octanol–water partition coefficient (Wildman–Crippen LogP) is 2.14. The molecule has 0 fully saturated rings. The van der Waals surface area contributed by atoms with Gasteiger partial charge in [-0.25, -0.2) is 0 Å². The van der Waals surface area contributed by atoms with Crippen LogP contribution in [-0.4, -0.2) is 12.1 Å². The number of hydrogen-bond acceptors (Lipinski definition) is 2.